The zero-order valence-corrected chi connectivity index (χ0v) is 34.4. The number of hydrogen-bond acceptors (Lipinski definition) is 28. The SMILES string of the molecule is CC(O)C(=O)OC(C)C(=O)OCC(=O)OCC(=O)OCCCCC(COC(=O)COC(=O)COC(=O)C(C)OC(=O)C(O)O)OC(=O)COC(=O)COC(=O)C(C)OC(=O)C(C)O. The van der Waals surface area contributed by atoms with Crippen LogP contribution in [-0.2, 0) is 114 Å². The zero-order chi connectivity index (χ0) is 48.2. The number of aliphatic hydroxyl groups excluding tert-OH is 3. The topological polar surface area (TPSA) is 397 Å². The molecule has 0 aliphatic carbocycles. The average molecular weight is 917 g/mol. The van der Waals surface area contributed by atoms with Crippen molar-refractivity contribution in [1.29, 1.82) is 0 Å². The number of esters is 12. The summed E-state index contributed by atoms with van der Waals surface area (Å²) in [5.74, 6) is -14.6. The van der Waals surface area contributed by atoms with Gasteiger partial charge in [0.05, 0.1) is 6.61 Å². The van der Waals surface area contributed by atoms with Crippen LogP contribution in [0.4, 0.5) is 0 Å². The van der Waals surface area contributed by atoms with E-state index in [1.165, 1.54) is 0 Å². The Bertz CT molecular complexity index is 1600. The Balaban J connectivity index is 5.04. The number of aliphatic hydroxyl groups is 4. The van der Waals surface area contributed by atoms with E-state index in [-0.39, 0.29) is 25.9 Å². The molecule has 0 aliphatic heterocycles. The Morgan fingerprint density at radius 1 is 0.365 bits per heavy atom. The highest BCUT2D eigenvalue weighted by atomic mass is 16.7. The van der Waals surface area contributed by atoms with E-state index < -0.39 is 161 Å². The van der Waals surface area contributed by atoms with Crippen LogP contribution < -0.4 is 0 Å². The summed E-state index contributed by atoms with van der Waals surface area (Å²) in [4.78, 5) is 142. The van der Waals surface area contributed by atoms with E-state index in [0.29, 0.717) is 0 Å². The van der Waals surface area contributed by atoms with E-state index in [0.717, 1.165) is 34.6 Å². The minimum Gasteiger partial charge on any atom is -0.463 e. The molecule has 0 radical (unpaired) electrons. The van der Waals surface area contributed by atoms with Crippen LogP contribution in [0.15, 0.2) is 0 Å². The lowest BCUT2D eigenvalue weighted by molar-refractivity contribution is -0.186. The van der Waals surface area contributed by atoms with Crippen LogP contribution in [0.2, 0.25) is 0 Å². The fourth-order valence-corrected chi connectivity index (χ4v) is 3.54. The molecule has 63 heavy (non-hydrogen) atoms. The van der Waals surface area contributed by atoms with Crippen molar-refractivity contribution in [3.05, 3.63) is 0 Å². The van der Waals surface area contributed by atoms with Crippen molar-refractivity contribution in [2.24, 2.45) is 0 Å². The maximum atomic E-state index is 12.4. The normalized spacial score (nSPS) is 13.4. The number of carbonyl (C=O) groups excluding carboxylic acids is 12. The Kier molecular flexibility index (Phi) is 27.3. The van der Waals surface area contributed by atoms with Crippen molar-refractivity contribution < 1.29 is 135 Å². The monoisotopic (exact) mass is 916 g/mol. The largest absolute Gasteiger partial charge is 0.463 e. The van der Waals surface area contributed by atoms with Gasteiger partial charge in [0, 0.05) is 0 Å². The first-order valence-electron chi connectivity index (χ1n) is 18.2. The average Bonchev–Trinajstić information content (AvgIpc) is 3.22. The van der Waals surface area contributed by atoms with Gasteiger partial charge in [0.1, 0.15) is 24.9 Å². The first-order chi connectivity index (χ1) is 29.4. The molecule has 0 rings (SSSR count). The molecule has 0 aromatic carbocycles. The lowest BCUT2D eigenvalue weighted by Crippen LogP contribution is -2.33. The molecule has 0 heterocycles. The molecule has 4 N–H and O–H groups in total. The molecule has 28 nitrogen and oxygen atoms in total. The van der Waals surface area contributed by atoms with Crippen LogP contribution in [-0.4, -0.2) is 188 Å². The number of hydrogen-bond donors (Lipinski definition) is 4. The molecule has 0 spiro atoms. The molecule has 0 aromatic rings. The molecular formula is C35H48O28. The van der Waals surface area contributed by atoms with Gasteiger partial charge in [-0.05, 0) is 53.9 Å². The number of carbonyl (C=O) groups is 12. The maximum absolute atomic E-state index is 12.4. The molecular weight excluding hydrogens is 868 g/mol. The van der Waals surface area contributed by atoms with Crippen molar-refractivity contribution in [3.63, 3.8) is 0 Å². The van der Waals surface area contributed by atoms with E-state index in [4.69, 9.17) is 34.6 Å². The highest BCUT2D eigenvalue weighted by Gasteiger charge is 2.27. The smallest absolute Gasteiger partial charge is 0.363 e. The van der Waals surface area contributed by atoms with Crippen molar-refractivity contribution in [2.45, 2.75) is 96.8 Å². The summed E-state index contributed by atoms with van der Waals surface area (Å²) in [6, 6.07) is 0. The quantitative estimate of drug-likeness (QED) is 0.0237. The first-order valence-corrected chi connectivity index (χ1v) is 18.2. The highest BCUT2D eigenvalue weighted by Crippen LogP contribution is 2.09. The van der Waals surface area contributed by atoms with Gasteiger partial charge in [-0.25, -0.2) is 57.5 Å². The molecule has 0 saturated heterocycles. The summed E-state index contributed by atoms with van der Waals surface area (Å²) < 4.78 is 56.2. The lowest BCUT2D eigenvalue weighted by Gasteiger charge is -2.18. The van der Waals surface area contributed by atoms with Gasteiger partial charge in [-0.3, -0.25) is 0 Å². The van der Waals surface area contributed by atoms with Crippen molar-refractivity contribution in [1.82, 2.24) is 0 Å². The van der Waals surface area contributed by atoms with Crippen LogP contribution >= 0.6 is 0 Å². The van der Waals surface area contributed by atoms with Gasteiger partial charge in [0.2, 0.25) is 0 Å². The second-order valence-electron chi connectivity index (χ2n) is 12.3. The molecule has 6 unspecified atom stereocenters. The Morgan fingerprint density at radius 3 is 1.08 bits per heavy atom. The minimum atomic E-state index is -2.53. The summed E-state index contributed by atoms with van der Waals surface area (Å²) in [6.45, 7) is -1.64. The van der Waals surface area contributed by atoms with Crippen LogP contribution in [0.3, 0.4) is 0 Å². The molecule has 0 aromatic heterocycles. The van der Waals surface area contributed by atoms with E-state index in [2.05, 4.69) is 42.6 Å². The van der Waals surface area contributed by atoms with Crippen LogP contribution in [0.5, 0.6) is 0 Å². The van der Waals surface area contributed by atoms with Gasteiger partial charge >= 0.3 is 71.6 Å². The summed E-state index contributed by atoms with van der Waals surface area (Å²) in [6.07, 6.45) is -11.4. The molecule has 0 fully saturated rings. The summed E-state index contributed by atoms with van der Waals surface area (Å²) in [5, 5.41) is 35.6. The van der Waals surface area contributed by atoms with E-state index in [1.807, 2.05) is 0 Å². The second kappa shape index (κ2) is 30.5. The Hall–Kier alpha value is -6.52. The van der Waals surface area contributed by atoms with Crippen molar-refractivity contribution in [3.8, 4) is 0 Å². The Labute approximate surface area is 356 Å². The fraction of sp³-hybridized carbons (Fsp3) is 0.657. The van der Waals surface area contributed by atoms with Crippen molar-refractivity contribution in [2.75, 3.05) is 52.9 Å². The van der Waals surface area contributed by atoms with E-state index in [1.54, 1.807) is 0 Å². The second-order valence-corrected chi connectivity index (χ2v) is 12.3. The number of rotatable bonds is 29. The van der Waals surface area contributed by atoms with Crippen molar-refractivity contribution >= 4 is 71.6 Å². The van der Waals surface area contributed by atoms with Gasteiger partial charge in [-0.15, -0.1) is 0 Å². The van der Waals surface area contributed by atoms with Crippen LogP contribution in [0, 0.1) is 0 Å². The highest BCUT2D eigenvalue weighted by molar-refractivity contribution is 5.85. The van der Waals surface area contributed by atoms with Gasteiger partial charge in [0.25, 0.3) is 6.29 Å². The standard InChI is InChI=1S/C35H48O28/c1-17(36)30(46)60-19(3)32(48)57-13-25(40)54-11-23(38)52-9-7-6-8-22(63-28(43)16-56-27(42)15-58-33(49)20(4)61-31(47)18(2)37)10-53-24(39)12-55-26(41)14-59-34(50)21(5)62-35(51)29(44)45/h17-22,29,36-37,44-45H,6-16H2,1-5H3. The molecule has 28 heteroatoms. The third-order valence-corrected chi connectivity index (χ3v) is 6.73. The third-order valence-electron chi connectivity index (χ3n) is 6.73. The molecule has 0 amide bonds. The molecule has 0 saturated carbocycles. The summed E-state index contributed by atoms with van der Waals surface area (Å²) in [7, 11) is 0. The van der Waals surface area contributed by atoms with Gasteiger partial charge in [0.15, 0.2) is 58.0 Å². The Morgan fingerprint density at radius 2 is 0.698 bits per heavy atom. The van der Waals surface area contributed by atoms with E-state index >= 15 is 0 Å². The van der Waals surface area contributed by atoms with E-state index in [9.17, 15) is 57.5 Å². The summed E-state index contributed by atoms with van der Waals surface area (Å²) >= 11 is 0. The van der Waals surface area contributed by atoms with Gasteiger partial charge in [-0.1, -0.05) is 0 Å². The van der Waals surface area contributed by atoms with Crippen LogP contribution in [0.25, 0.3) is 0 Å². The lowest BCUT2D eigenvalue weighted by atomic mass is 10.1. The molecule has 0 bridgehead atoms. The third kappa shape index (κ3) is 27.1. The fourth-order valence-electron chi connectivity index (χ4n) is 3.54. The van der Waals surface area contributed by atoms with Gasteiger partial charge < -0.3 is 77.3 Å². The molecule has 6 atom stereocenters. The predicted octanol–water partition coefficient (Wildman–Crippen LogP) is -4.72. The first kappa shape index (κ1) is 56.5. The predicted molar refractivity (Wildman–Crippen MR) is 190 cm³/mol. The number of unbranched alkanes of at least 4 members (excludes halogenated alkanes) is 1. The summed E-state index contributed by atoms with van der Waals surface area (Å²) in [5.41, 5.74) is 0. The zero-order valence-electron chi connectivity index (χ0n) is 34.4. The van der Waals surface area contributed by atoms with Gasteiger partial charge in [-0.2, -0.15) is 0 Å². The number of ether oxygens (including phenoxy) is 12. The molecule has 356 valence electrons. The minimum absolute atomic E-state index is 0.0718. The molecule has 0 aliphatic rings. The maximum Gasteiger partial charge on any atom is 0.363 e. The van der Waals surface area contributed by atoms with Crippen LogP contribution in [0.1, 0.15) is 53.9 Å².